The van der Waals surface area contributed by atoms with Gasteiger partial charge in [0.15, 0.2) is 16.6 Å². The van der Waals surface area contributed by atoms with E-state index in [0.29, 0.717) is 39.2 Å². The average Bonchev–Trinajstić information content (AvgIpc) is 2.63. The average molecular weight is 366 g/mol. The summed E-state index contributed by atoms with van der Waals surface area (Å²) in [5.41, 5.74) is 1.84. The maximum absolute atomic E-state index is 12.4. The number of nitrogens with zero attached hydrogens (tertiary/aromatic N) is 1. The van der Waals surface area contributed by atoms with E-state index in [0.717, 1.165) is 0 Å². The summed E-state index contributed by atoms with van der Waals surface area (Å²) < 4.78 is 21.2. The van der Waals surface area contributed by atoms with Gasteiger partial charge >= 0.3 is 5.97 Å². The number of ether oxygens (including phenoxy) is 4. The molecule has 0 aromatic heterocycles. The number of hydrogen-bond acceptors (Lipinski definition) is 6. The van der Waals surface area contributed by atoms with Gasteiger partial charge in [0.2, 0.25) is 0 Å². The van der Waals surface area contributed by atoms with E-state index in [2.05, 4.69) is 5.32 Å². The zero-order valence-electron chi connectivity index (χ0n) is 15.1. The van der Waals surface area contributed by atoms with Crippen LogP contribution in [0.4, 0.5) is 0 Å². The number of thiocarbonyl (C=S) groups is 1. The first-order valence-electron chi connectivity index (χ1n) is 7.52. The minimum atomic E-state index is -0.536. The molecule has 1 N–H and O–H groups in total. The second kappa shape index (κ2) is 7.60. The predicted molar refractivity (Wildman–Crippen MR) is 97.1 cm³/mol. The number of benzene rings is 1. The molecule has 0 radical (unpaired) electrons. The van der Waals surface area contributed by atoms with Crippen LogP contribution in [0.5, 0.6) is 17.2 Å². The Morgan fingerprint density at radius 2 is 1.64 bits per heavy atom. The molecule has 7 nitrogen and oxygen atoms in total. The normalized spacial score (nSPS) is 17.1. The van der Waals surface area contributed by atoms with Crippen molar-refractivity contribution in [3.8, 4) is 17.2 Å². The molecular weight excluding hydrogens is 344 g/mol. The summed E-state index contributed by atoms with van der Waals surface area (Å²) in [5, 5.41) is 3.66. The van der Waals surface area contributed by atoms with Crippen molar-refractivity contribution in [3.05, 3.63) is 29.0 Å². The van der Waals surface area contributed by atoms with Gasteiger partial charge in [0.05, 0.1) is 40.1 Å². The van der Waals surface area contributed by atoms with Crippen LogP contribution >= 0.6 is 12.2 Å². The molecule has 0 fully saturated rings. The Morgan fingerprint density at radius 1 is 1.08 bits per heavy atom. The van der Waals surface area contributed by atoms with E-state index < -0.39 is 12.0 Å². The molecule has 1 aromatic rings. The van der Waals surface area contributed by atoms with Gasteiger partial charge in [0.25, 0.3) is 0 Å². The number of carbonyl (C=O) groups excluding carboxylic acids is 1. The molecule has 1 unspecified atom stereocenters. The van der Waals surface area contributed by atoms with Crippen molar-refractivity contribution in [2.45, 2.75) is 13.0 Å². The largest absolute Gasteiger partial charge is 0.496 e. The third kappa shape index (κ3) is 3.34. The molecule has 0 amide bonds. The smallest absolute Gasteiger partial charge is 0.337 e. The van der Waals surface area contributed by atoms with Gasteiger partial charge in [-0.1, -0.05) is 0 Å². The van der Waals surface area contributed by atoms with Crippen molar-refractivity contribution in [1.29, 1.82) is 0 Å². The van der Waals surface area contributed by atoms with E-state index in [1.54, 1.807) is 45.4 Å². The molecule has 136 valence electrons. The molecular formula is C17H22N2O5S. The first-order chi connectivity index (χ1) is 11.9. The standard InChI is InChI=1S/C17H22N2O5S/c1-9-14(16(20)24-6)15(18-17(25)19(9)2)10-7-12(22-4)13(23-5)8-11(10)21-3/h7-8,15H,1-6H3,(H,18,25). The van der Waals surface area contributed by atoms with Gasteiger partial charge in [-0.3, -0.25) is 0 Å². The lowest BCUT2D eigenvalue weighted by atomic mass is 9.94. The van der Waals surface area contributed by atoms with Crippen LogP contribution in [0.3, 0.4) is 0 Å². The Balaban J connectivity index is 2.69. The minimum Gasteiger partial charge on any atom is -0.496 e. The fourth-order valence-electron chi connectivity index (χ4n) is 2.72. The summed E-state index contributed by atoms with van der Waals surface area (Å²) in [6.45, 7) is 1.82. The van der Waals surface area contributed by atoms with Crippen molar-refractivity contribution in [2.75, 3.05) is 35.5 Å². The van der Waals surface area contributed by atoms with Crippen molar-refractivity contribution >= 4 is 23.3 Å². The second-order valence-corrected chi connectivity index (χ2v) is 5.77. The van der Waals surface area contributed by atoms with Gasteiger partial charge in [0.1, 0.15) is 5.75 Å². The highest BCUT2D eigenvalue weighted by Gasteiger charge is 2.35. The minimum absolute atomic E-state index is 0.443. The lowest BCUT2D eigenvalue weighted by molar-refractivity contribution is -0.136. The number of hydrogen-bond donors (Lipinski definition) is 1. The highest BCUT2D eigenvalue weighted by atomic mass is 32.1. The number of allylic oxidation sites excluding steroid dienone is 1. The molecule has 8 heteroatoms. The lowest BCUT2D eigenvalue weighted by Crippen LogP contribution is -2.46. The van der Waals surface area contributed by atoms with E-state index in [4.69, 9.17) is 31.2 Å². The van der Waals surface area contributed by atoms with Gasteiger partial charge in [-0.25, -0.2) is 4.79 Å². The summed E-state index contributed by atoms with van der Waals surface area (Å²) in [5.74, 6) is 1.14. The number of methoxy groups -OCH3 is 4. The Kier molecular flexibility index (Phi) is 5.73. The van der Waals surface area contributed by atoms with Crippen LogP contribution in [0.15, 0.2) is 23.4 Å². The van der Waals surface area contributed by atoms with Crippen molar-refractivity contribution in [1.82, 2.24) is 10.2 Å². The molecule has 25 heavy (non-hydrogen) atoms. The predicted octanol–water partition coefficient (Wildman–Crippen LogP) is 2.02. The number of carbonyl (C=O) groups is 1. The SMILES string of the molecule is COC(=O)C1=C(C)N(C)C(=S)NC1c1cc(OC)c(OC)cc1OC. The monoisotopic (exact) mass is 366 g/mol. The van der Waals surface area contributed by atoms with Crippen LogP contribution in [-0.4, -0.2) is 51.5 Å². The zero-order chi connectivity index (χ0) is 18.7. The molecule has 1 aliphatic heterocycles. The lowest BCUT2D eigenvalue weighted by Gasteiger charge is -2.35. The summed E-state index contributed by atoms with van der Waals surface area (Å²) in [6, 6.07) is 2.94. The summed E-state index contributed by atoms with van der Waals surface area (Å²) >= 11 is 5.38. The third-order valence-electron chi connectivity index (χ3n) is 4.21. The Morgan fingerprint density at radius 3 is 2.16 bits per heavy atom. The Bertz CT molecular complexity index is 732. The van der Waals surface area contributed by atoms with Gasteiger partial charge in [-0.15, -0.1) is 0 Å². The zero-order valence-corrected chi connectivity index (χ0v) is 15.9. The van der Waals surface area contributed by atoms with E-state index in [-0.39, 0.29) is 0 Å². The maximum Gasteiger partial charge on any atom is 0.337 e. The van der Waals surface area contributed by atoms with E-state index in [1.165, 1.54) is 7.11 Å². The Labute approximate surface area is 152 Å². The molecule has 1 atom stereocenters. The van der Waals surface area contributed by atoms with E-state index >= 15 is 0 Å². The topological polar surface area (TPSA) is 69.3 Å². The molecule has 0 saturated carbocycles. The summed E-state index contributed by atoms with van der Waals surface area (Å²) in [6.07, 6.45) is 0. The highest BCUT2D eigenvalue weighted by molar-refractivity contribution is 7.80. The quantitative estimate of drug-likeness (QED) is 0.627. The molecule has 0 bridgehead atoms. The first kappa shape index (κ1) is 18.9. The molecule has 0 spiro atoms. The number of nitrogens with one attached hydrogen (secondary N) is 1. The number of esters is 1. The van der Waals surface area contributed by atoms with Crippen LogP contribution in [0, 0.1) is 0 Å². The van der Waals surface area contributed by atoms with Gasteiger partial charge < -0.3 is 29.2 Å². The third-order valence-corrected chi connectivity index (χ3v) is 4.60. The van der Waals surface area contributed by atoms with Crippen molar-refractivity contribution in [3.63, 3.8) is 0 Å². The van der Waals surface area contributed by atoms with Crippen molar-refractivity contribution < 1.29 is 23.7 Å². The highest BCUT2D eigenvalue weighted by Crippen LogP contribution is 2.41. The number of rotatable bonds is 5. The van der Waals surface area contributed by atoms with Crippen LogP contribution < -0.4 is 19.5 Å². The van der Waals surface area contributed by atoms with Crippen LogP contribution in [0.1, 0.15) is 18.5 Å². The second-order valence-electron chi connectivity index (χ2n) is 5.38. The molecule has 1 aliphatic rings. The molecule has 1 heterocycles. The van der Waals surface area contributed by atoms with E-state index in [9.17, 15) is 4.79 Å². The van der Waals surface area contributed by atoms with Crippen LogP contribution in [0.25, 0.3) is 0 Å². The fourth-order valence-corrected chi connectivity index (χ4v) is 2.98. The van der Waals surface area contributed by atoms with Crippen molar-refractivity contribution in [2.24, 2.45) is 0 Å². The van der Waals surface area contributed by atoms with E-state index in [1.807, 2.05) is 6.92 Å². The van der Waals surface area contributed by atoms with Gasteiger partial charge in [-0.05, 0) is 25.2 Å². The summed E-state index contributed by atoms with van der Waals surface area (Å²) in [4.78, 5) is 14.1. The summed E-state index contributed by atoms with van der Waals surface area (Å²) in [7, 11) is 7.77. The van der Waals surface area contributed by atoms with Gasteiger partial charge in [0, 0.05) is 24.4 Å². The molecule has 0 saturated heterocycles. The maximum atomic E-state index is 12.4. The first-order valence-corrected chi connectivity index (χ1v) is 7.93. The fraction of sp³-hybridized carbons (Fsp3) is 0.412. The van der Waals surface area contributed by atoms with Crippen LogP contribution in [-0.2, 0) is 9.53 Å². The van der Waals surface area contributed by atoms with Gasteiger partial charge in [-0.2, -0.15) is 0 Å². The molecule has 0 aliphatic carbocycles. The molecule has 2 rings (SSSR count). The molecule has 1 aromatic carbocycles. The Hall–Kier alpha value is -2.48. The van der Waals surface area contributed by atoms with Crippen LogP contribution in [0.2, 0.25) is 0 Å².